The Kier molecular flexibility index (Phi) is 6.92. The summed E-state index contributed by atoms with van der Waals surface area (Å²) >= 11 is 6.52. The first-order valence-corrected chi connectivity index (χ1v) is 8.82. The molecule has 0 fully saturated rings. The molecule has 0 spiro atoms. The van der Waals surface area contributed by atoms with E-state index in [0.29, 0.717) is 10.6 Å². The second-order valence-corrected chi connectivity index (χ2v) is 6.73. The van der Waals surface area contributed by atoms with Gasteiger partial charge in [0.05, 0.1) is 16.2 Å². The molecule has 2 aromatic rings. The second kappa shape index (κ2) is 8.96. The van der Waals surface area contributed by atoms with E-state index in [9.17, 15) is 27.9 Å². The van der Waals surface area contributed by atoms with E-state index in [1.54, 1.807) is 24.3 Å². The first kappa shape index (κ1) is 20.9. The smallest absolute Gasteiger partial charge is 0.416 e. The van der Waals surface area contributed by atoms with Crippen molar-refractivity contribution in [2.45, 2.75) is 6.18 Å². The highest BCUT2D eigenvalue weighted by atomic mass is 35.5. The summed E-state index contributed by atoms with van der Waals surface area (Å²) in [7, 11) is 0. The van der Waals surface area contributed by atoms with Crippen molar-refractivity contribution in [1.29, 1.82) is 0 Å². The average molecular weight is 416 g/mol. The van der Waals surface area contributed by atoms with Crippen molar-refractivity contribution in [2.24, 2.45) is 0 Å². The molecular formula is C18H13ClF3NO3S. The van der Waals surface area contributed by atoms with Gasteiger partial charge in [0, 0.05) is 10.7 Å². The van der Waals surface area contributed by atoms with Crippen molar-refractivity contribution in [3.05, 3.63) is 69.6 Å². The monoisotopic (exact) mass is 415 g/mol. The van der Waals surface area contributed by atoms with Gasteiger partial charge in [-0.25, -0.2) is 4.79 Å². The van der Waals surface area contributed by atoms with Gasteiger partial charge in [-0.2, -0.15) is 13.2 Å². The van der Waals surface area contributed by atoms with Gasteiger partial charge in [-0.1, -0.05) is 29.8 Å². The Bertz CT molecular complexity index is 867. The summed E-state index contributed by atoms with van der Waals surface area (Å²) in [5.74, 6) is -2.12. The summed E-state index contributed by atoms with van der Waals surface area (Å²) in [6.07, 6.45) is -3.14. The Hall–Kier alpha value is -2.45. The number of hydrogen-bond donors (Lipinski definition) is 2. The lowest BCUT2D eigenvalue weighted by Crippen LogP contribution is -2.15. The van der Waals surface area contributed by atoms with Gasteiger partial charge in [-0.15, -0.1) is 11.8 Å². The molecule has 0 aromatic heterocycles. The molecule has 0 aliphatic rings. The highest BCUT2D eigenvalue weighted by Gasteiger charge is 2.30. The zero-order chi connectivity index (χ0) is 20.0. The largest absolute Gasteiger partial charge is 0.477 e. The molecule has 27 heavy (non-hydrogen) atoms. The fourth-order valence-corrected chi connectivity index (χ4v) is 2.82. The molecule has 0 aliphatic carbocycles. The standard InChI is InChI=1S/C18H13ClF3NO3S/c19-13-6-4-11(5-7-13)8-15(17(25)26)27-10-16(24)23-14-3-1-2-12(9-14)18(20,21)22/h1-9H,10H2,(H,23,24)(H,25,26)/b15-8+. The number of hydrogen-bond acceptors (Lipinski definition) is 3. The summed E-state index contributed by atoms with van der Waals surface area (Å²) in [6.45, 7) is 0. The molecule has 0 saturated heterocycles. The zero-order valence-electron chi connectivity index (χ0n) is 13.6. The van der Waals surface area contributed by atoms with Crippen LogP contribution in [-0.4, -0.2) is 22.7 Å². The Labute approximate surface area is 162 Å². The Morgan fingerprint density at radius 2 is 1.81 bits per heavy atom. The number of alkyl halides is 3. The minimum absolute atomic E-state index is 0.0195. The van der Waals surface area contributed by atoms with Gasteiger partial charge >= 0.3 is 12.1 Å². The van der Waals surface area contributed by atoms with Gasteiger partial charge in [0.25, 0.3) is 0 Å². The van der Waals surface area contributed by atoms with Crippen LogP contribution in [0.25, 0.3) is 6.08 Å². The lowest BCUT2D eigenvalue weighted by Gasteiger charge is -2.10. The molecular weight excluding hydrogens is 403 g/mol. The van der Waals surface area contributed by atoms with E-state index in [1.807, 2.05) is 0 Å². The number of anilines is 1. The summed E-state index contributed by atoms with van der Waals surface area (Å²) in [4.78, 5) is 23.2. The minimum atomic E-state index is -4.52. The molecule has 0 heterocycles. The summed E-state index contributed by atoms with van der Waals surface area (Å²) in [5, 5.41) is 12.1. The molecule has 9 heteroatoms. The van der Waals surface area contributed by atoms with E-state index >= 15 is 0 Å². The summed E-state index contributed by atoms with van der Waals surface area (Å²) < 4.78 is 38.0. The third-order valence-electron chi connectivity index (χ3n) is 3.21. The van der Waals surface area contributed by atoms with Crippen molar-refractivity contribution < 1.29 is 27.9 Å². The molecule has 0 saturated carbocycles. The molecule has 0 bridgehead atoms. The SMILES string of the molecule is O=C(CS/C(=C/c1ccc(Cl)cc1)C(=O)O)Nc1cccc(C(F)(F)F)c1. The van der Waals surface area contributed by atoms with Crippen LogP contribution in [-0.2, 0) is 15.8 Å². The van der Waals surface area contributed by atoms with E-state index in [0.717, 1.165) is 23.9 Å². The zero-order valence-corrected chi connectivity index (χ0v) is 15.2. The van der Waals surface area contributed by atoms with Gasteiger partial charge in [-0.3, -0.25) is 4.79 Å². The highest BCUT2D eigenvalue weighted by Crippen LogP contribution is 2.30. The van der Waals surface area contributed by atoms with Crippen molar-refractivity contribution >= 4 is 47.0 Å². The van der Waals surface area contributed by atoms with Crippen LogP contribution in [0.15, 0.2) is 53.4 Å². The highest BCUT2D eigenvalue weighted by molar-refractivity contribution is 8.04. The first-order chi connectivity index (χ1) is 12.6. The van der Waals surface area contributed by atoms with E-state index in [4.69, 9.17) is 11.6 Å². The fourth-order valence-electron chi connectivity index (χ4n) is 1.99. The maximum absolute atomic E-state index is 12.7. The van der Waals surface area contributed by atoms with Crippen molar-refractivity contribution in [3.8, 4) is 0 Å². The van der Waals surface area contributed by atoms with Crippen molar-refractivity contribution in [2.75, 3.05) is 11.1 Å². The lowest BCUT2D eigenvalue weighted by atomic mass is 10.2. The van der Waals surface area contributed by atoms with Crippen LogP contribution >= 0.6 is 23.4 Å². The molecule has 1 amide bonds. The predicted octanol–water partition coefficient (Wildman–Crippen LogP) is 5.16. The molecule has 2 N–H and O–H groups in total. The third-order valence-corrected chi connectivity index (χ3v) is 4.47. The number of aliphatic carboxylic acids is 1. The van der Waals surface area contributed by atoms with E-state index in [-0.39, 0.29) is 16.3 Å². The van der Waals surface area contributed by atoms with Crippen LogP contribution in [0.1, 0.15) is 11.1 Å². The van der Waals surface area contributed by atoms with Crippen LogP contribution in [0, 0.1) is 0 Å². The van der Waals surface area contributed by atoms with Gasteiger partial charge in [0.15, 0.2) is 0 Å². The lowest BCUT2D eigenvalue weighted by molar-refractivity contribution is -0.137. The molecule has 2 rings (SSSR count). The number of benzene rings is 2. The number of thioether (sulfide) groups is 1. The van der Waals surface area contributed by atoms with Gasteiger partial charge < -0.3 is 10.4 Å². The van der Waals surface area contributed by atoms with Crippen LogP contribution in [0.3, 0.4) is 0 Å². The predicted molar refractivity (Wildman–Crippen MR) is 99.6 cm³/mol. The van der Waals surface area contributed by atoms with Crippen LogP contribution in [0.5, 0.6) is 0 Å². The van der Waals surface area contributed by atoms with Crippen LogP contribution < -0.4 is 5.32 Å². The number of carbonyl (C=O) groups is 2. The summed E-state index contributed by atoms with van der Waals surface area (Å²) in [5.41, 5.74) is -0.321. The minimum Gasteiger partial charge on any atom is -0.477 e. The van der Waals surface area contributed by atoms with E-state index < -0.39 is 23.6 Å². The molecule has 2 aromatic carbocycles. The number of halogens is 4. The number of carboxylic acids is 1. The number of carbonyl (C=O) groups excluding carboxylic acids is 1. The van der Waals surface area contributed by atoms with Crippen LogP contribution in [0.2, 0.25) is 5.02 Å². The normalized spacial score (nSPS) is 11.9. The molecule has 4 nitrogen and oxygen atoms in total. The van der Waals surface area contributed by atoms with Crippen molar-refractivity contribution in [3.63, 3.8) is 0 Å². The Balaban J connectivity index is 2.02. The Morgan fingerprint density at radius 3 is 2.41 bits per heavy atom. The van der Waals surface area contributed by atoms with Crippen LogP contribution in [0.4, 0.5) is 18.9 Å². The quantitative estimate of drug-likeness (QED) is 0.640. The topological polar surface area (TPSA) is 66.4 Å². The molecule has 142 valence electrons. The number of rotatable bonds is 6. The van der Waals surface area contributed by atoms with E-state index in [1.165, 1.54) is 18.2 Å². The molecule has 0 unspecified atom stereocenters. The number of carboxylic acid groups (broad SMARTS) is 1. The number of nitrogens with one attached hydrogen (secondary N) is 1. The Morgan fingerprint density at radius 1 is 1.15 bits per heavy atom. The fraction of sp³-hybridized carbons (Fsp3) is 0.111. The number of amides is 1. The summed E-state index contributed by atoms with van der Waals surface area (Å²) in [6, 6.07) is 10.6. The average Bonchev–Trinajstić information content (AvgIpc) is 2.59. The molecule has 0 aliphatic heterocycles. The first-order valence-electron chi connectivity index (χ1n) is 7.45. The van der Waals surface area contributed by atoms with Gasteiger partial charge in [0.2, 0.25) is 5.91 Å². The maximum atomic E-state index is 12.7. The second-order valence-electron chi connectivity index (χ2n) is 5.28. The van der Waals surface area contributed by atoms with E-state index in [2.05, 4.69) is 5.32 Å². The van der Waals surface area contributed by atoms with Gasteiger partial charge in [-0.05, 0) is 42.0 Å². The van der Waals surface area contributed by atoms with Gasteiger partial charge in [0.1, 0.15) is 0 Å². The maximum Gasteiger partial charge on any atom is 0.416 e. The molecule has 0 atom stereocenters. The third kappa shape index (κ3) is 6.65. The van der Waals surface area contributed by atoms with Crippen molar-refractivity contribution in [1.82, 2.24) is 0 Å². The molecule has 0 radical (unpaired) electrons.